The molecule has 0 fully saturated rings. The number of rotatable bonds is 6. The van der Waals surface area contributed by atoms with Gasteiger partial charge in [-0.2, -0.15) is 0 Å². The summed E-state index contributed by atoms with van der Waals surface area (Å²) in [5.74, 6) is 1.98. The highest BCUT2D eigenvalue weighted by Gasteiger charge is 2.17. The summed E-state index contributed by atoms with van der Waals surface area (Å²) < 4.78 is 10.9. The number of aryl methyl sites for hydroxylation is 1. The number of nitro benzene ring substituents is 1. The minimum atomic E-state index is -0.440. The van der Waals surface area contributed by atoms with Gasteiger partial charge in [-0.1, -0.05) is 0 Å². The van der Waals surface area contributed by atoms with E-state index in [1.165, 1.54) is 6.07 Å². The molecule has 2 aromatic rings. The maximum atomic E-state index is 11.0. The number of anilines is 1. The van der Waals surface area contributed by atoms with Crippen molar-refractivity contribution < 1.29 is 14.1 Å². The van der Waals surface area contributed by atoms with Crippen molar-refractivity contribution in [1.29, 1.82) is 0 Å². The van der Waals surface area contributed by atoms with E-state index in [9.17, 15) is 10.1 Å². The SMILES string of the molecule is CCOc1cc(N(C)Cc2ccc(C)o2)ccc1[N+](=O)[O-]. The van der Waals surface area contributed by atoms with Gasteiger partial charge in [-0.25, -0.2) is 0 Å². The normalized spacial score (nSPS) is 10.4. The molecule has 0 radical (unpaired) electrons. The molecule has 1 heterocycles. The van der Waals surface area contributed by atoms with Crippen molar-refractivity contribution in [2.45, 2.75) is 20.4 Å². The van der Waals surface area contributed by atoms with E-state index in [4.69, 9.17) is 9.15 Å². The molecule has 0 atom stereocenters. The highest BCUT2D eigenvalue weighted by Crippen LogP contribution is 2.31. The Bertz CT molecular complexity index is 636. The molecule has 1 aromatic carbocycles. The largest absolute Gasteiger partial charge is 0.487 e. The third-order valence-corrected chi connectivity index (χ3v) is 3.07. The monoisotopic (exact) mass is 290 g/mol. The van der Waals surface area contributed by atoms with E-state index in [-0.39, 0.29) is 11.4 Å². The Labute approximate surface area is 123 Å². The molecule has 0 aliphatic rings. The summed E-state index contributed by atoms with van der Waals surface area (Å²) in [7, 11) is 1.90. The standard InChI is InChI=1S/C15H18N2O4/c1-4-20-15-9-12(6-8-14(15)17(18)19)16(3)10-13-7-5-11(2)21-13/h5-9H,4,10H2,1-3H3. The molecule has 0 bridgehead atoms. The molecule has 0 saturated heterocycles. The quantitative estimate of drug-likeness (QED) is 0.601. The van der Waals surface area contributed by atoms with Gasteiger partial charge in [0.25, 0.3) is 0 Å². The first kappa shape index (κ1) is 14.9. The van der Waals surface area contributed by atoms with Gasteiger partial charge in [0.15, 0.2) is 5.75 Å². The van der Waals surface area contributed by atoms with Crippen LogP contribution in [0.15, 0.2) is 34.7 Å². The van der Waals surface area contributed by atoms with E-state index in [0.717, 1.165) is 17.2 Å². The third kappa shape index (κ3) is 3.53. The first-order chi connectivity index (χ1) is 10.0. The Kier molecular flexibility index (Phi) is 4.47. The van der Waals surface area contributed by atoms with Crippen LogP contribution in [0.5, 0.6) is 5.75 Å². The van der Waals surface area contributed by atoms with E-state index in [0.29, 0.717) is 13.2 Å². The van der Waals surface area contributed by atoms with Crippen LogP contribution in [0.3, 0.4) is 0 Å². The number of hydrogen-bond acceptors (Lipinski definition) is 5. The third-order valence-electron chi connectivity index (χ3n) is 3.07. The van der Waals surface area contributed by atoms with Crippen LogP contribution in [0.25, 0.3) is 0 Å². The van der Waals surface area contributed by atoms with Crippen molar-refractivity contribution in [3.63, 3.8) is 0 Å². The second kappa shape index (κ2) is 6.30. The van der Waals surface area contributed by atoms with Crippen LogP contribution < -0.4 is 9.64 Å². The van der Waals surface area contributed by atoms with Crippen molar-refractivity contribution in [3.05, 3.63) is 52.0 Å². The second-order valence-electron chi connectivity index (χ2n) is 4.71. The number of benzene rings is 1. The van der Waals surface area contributed by atoms with Crippen molar-refractivity contribution in [3.8, 4) is 5.75 Å². The fraction of sp³-hybridized carbons (Fsp3) is 0.333. The average Bonchev–Trinajstić information content (AvgIpc) is 2.84. The van der Waals surface area contributed by atoms with Crippen LogP contribution in [0.2, 0.25) is 0 Å². The summed E-state index contributed by atoms with van der Waals surface area (Å²) in [5.41, 5.74) is 0.806. The zero-order valence-electron chi connectivity index (χ0n) is 12.3. The lowest BCUT2D eigenvalue weighted by molar-refractivity contribution is -0.385. The zero-order valence-corrected chi connectivity index (χ0v) is 12.3. The Morgan fingerprint density at radius 2 is 2.10 bits per heavy atom. The van der Waals surface area contributed by atoms with Crippen LogP contribution in [0, 0.1) is 17.0 Å². The molecule has 0 spiro atoms. The van der Waals surface area contributed by atoms with Crippen LogP contribution >= 0.6 is 0 Å². The molecular formula is C15H18N2O4. The Morgan fingerprint density at radius 1 is 1.33 bits per heavy atom. The van der Waals surface area contributed by atoms with Gasteiger partial charge in [-0.05, 0) is 32.0 Å². The van der Waals surface area contributed by atoms with Gasteiger partial charge in [0.05, 0.1) is 18.1 Å². The second-order valence-corrected chi connectivity index (χ2v) is 4.71. The lowest BCUT2D eigenvalue weighted by atomic mass is 10.2. The molecule has 112 valence electrons. The molecule has 0 aliphatic heterocycles. The molecular weight excluding hydrogens is 272 g/mol. The average molecular weight is 290 g/mol. The molecule has 0 aliphatic carbocycles. The molecule has 0 unspecified atom stereocenters. The van der Waals surface area contributed by atoms with E-state index in [2.05, 4.69) is 0 Å². The summed E-state index contributed by atoms with van der Waals surface area (Å²) in [6, 6.07) is 8.67. The Balaban J connectivity index is 2.22. The molecule has 0 saturated carbocycles. The topological polar surface area (TPSA) is 68.8 Å². The van der Waals surface area contributed by atoms with E-state index >= 15 is 0 Å². The number of nitro groups is 1. The van der Waals surface area contributed by atoms with Crippen molar-refractivity contribution in [1.82, 2.24) is 0 Å². The predicted molar refractivity (Wildman–Crippen MR) is 79.8 cm³/mol. The fourth-order valence-electron chi connectivity index (χ4n) is 2.06. The summed E-state index contributed by atoms with van der Waals surface area (Å²) in [5, 5.41) is 11.0. The number of nitrogens with zero attached hydrogens (tertiary/aromatic N) is 2. The van der Waals surface area contributed by atoms with Crippen LogP contribution in [0.4, 0.5) is 11.4 Å². The Hall–Kier alpha value is -2.50. The van der Waals surface area contributed by atoms with E-state index in [1.54, 1.807) is 19.1 Å². The van der Waals surface area contributed by atoms with Crippen molar-refractivity contribution in [2.75, 3.05) is 18.6 Å². The molecule has 6 heteroatoms. The number of ether oxygens (including phenoxy) is 1. The van der Waals surface area contributed by atoms with Crippen LogP contribution in [-0.2, 0) is 6.54 Å². The summed E-state index contributed by atoms with van der Waals surface area (Å²) in [6.45, 7) is 4.65. The predicted octanol–water partition coefficient (Wildman–Crippen LogP) is 3.53. The summed E-state index contributed by atoms with van der Waals surface area (Å²) >= 11 is 0. The Morgan fingerprint density at radius 3 is 2.67 bits per heavy atom. The molecule has 21 heavy (non-hydrogen) atoms. The molecule has 0 amide bonds. The zero-order chi connectivity index (χ0) is 15.4. The highest BCUT2D eigenvalue weighted by atomic mass is 16.6. The van der Waals surface area contributed by atoms with Gasteiger partial charge >= 0.3 is 5.69 Å². The summed E-state index contributed by atoms with van der Waals surface area (Å²) in [6.07, 6.45) is 0. The van der Waals surface area contributed by atoms with Crippen molar-refractivity contribution >= 4 is 11.4 Å². The first-order valence-electron chi connectivity index (χ1n) is 6.69. The highest BCUT2D eigenvalue weighted by molar-refractivity contribution is 5.59. The maximum absolute atomic E-state index is 11.0. The molecule has 6 nitrogen and oxygen atoms in total. The fourth-order valence-corrected chi connectivity index (χ4v) is 2.06. The molecule has 2 rings (SSSR count). The van der Waals surface area contributed by atoms with Gasteiger partial charge in [0, 0.05) is 24.9 Å². The van der Waals surface area contributed by atoms with Gasteiger partial charge in [-0.3, -0.25) is 10.1 Å². The van der Waals surface area contributed by atoms with Gasteiger partial charge in [0.2, 0.25) is 0 Å². The lowest BCUT2D eigenvalue weighted by Gasteiger charge is -2.18. The minimum Gasteiger partial charge on any atom is -0.487 e. The minimum absolute atomic E-state index is 0.0251. The maximum Gasteiger partial charge on any atom is 0.311 e. The smallest absolute Gasteiger partial charge is 0.311 e. The van der Waals surface area contributed by atoms with Crippen LogP contribution in [0.1, 0.15) is 18.4 Å². The number of hydrogen-bond donors (Lipinski definition) is 0. The van der Waals surface area contributed by atoms with Gasteiger partial charge in [-0.15, -0.1) is 0 Å². The molecule has 0 N–H and O–H groups in total. The van der Waals surface area contributed by atoms with Gasteiger partial charge < -0.3 is 14.1 Å². The van der Waals surface area contributed by atoms with E-state index in [1.807, 2.05) is 31.0 Å². The van der Waals surface area contributed by atoms with Crippen molar-refractivity contribution in [2.24, 2.45) is 0 Å². The molecule has 1 aromatic heterocycles. The summed E-state index contributed by atoms with van der Waals surface area (Å²) in [4.78, 5) is 12.5. The van der Waals surface area contributed by atoms with Crippen LogP contribution in [-0.4, -0.2) is 18.6 Å². The van der Waals surface area contributed by atoms with E-state index < -0.39 is 4.92 Å². The first-order valence-corrected chi connectivity index (χ1v) is 6.69. The van der Waals surface area contributed by atoms with Gasteiger partial charge in [0.1, 0.15) is 11.5 Å². The number of furan rings is 1. The lowest BCUT2D eigenvalue weighted by Crippen LogP contribution is -2.16.